The van der Waals surface area contributed by atoms with Gasteiger partial charge in [-0.05, 0) is 24.5 Å². The van der Waals surface area contributed by atoms with Crippen LogP contribution in [0.5, 0.6) is 0 Å². The summed E-state index contributed by atoms with van der Waals surface area (Å²) in [6, 6.07) is 1.49. The van der Waals surface area contributed by atoms with Crippen molar-refractivity contribution >= 4 is 12.6 Å². The zero-order chi connectivity index (χ0) is 8.39. The molecular weight excluding hydrogens is 168 g/mol. The SMILES string of the molecule is SCC1CN[C@H]2CCC[C@H]2NC1. The minimum atomic E-state index is 0.721. The molecule has 0 bridgehead atoms. The minimum absolute atomic E-state index is 0.721. The smallest absolute Gasteiger partial charge is 0.0221 e. The van der Waals surface area contributed by atoms with E-state index in [1.807, 2.05) is 0 Å². The fourth-order valence-corrected chi connectivity index (χ4v) is 2.54. The van der Waals surface area contributed by atoms with Crippen molar-refractivity contribution in [3.63, 3.8) is 0 Å². The van der Waals surface area contributed by atoms with E-state index in [1.165, 1.54) is 19.3 Å². The largest absolute Gasteiger partial charge is 0.312 e. The molecule has 1 saturated heterocycles. The average molecular weight is 186 g/mol. The first-order valence-corrected chi connectivity index (χ1v) is 5.61. The molecule has 2 fully saturated rings. The van der Waals surface area contributed by atoms with Crippen LogP contribution in [0.4, 0.5) is 0 Å². The Balaban J connectivity index is 1.90. The molecule has 1 aliphatic heterocycles. The van der Waals surface area contributed by atoms with Crippen LogP contribution in [0.15, 0.2) is 0 Å². The molecule has 0 spiro atoms. The zero-order valence-electron chi connectivity index (χ0n) is 7.42. The van der Waals surface area contributed by atoms with Crippen LogP contribution in [-0.2, 0) is 0 Å². The summed E-state index contributed by atoms with van der Waals surface area (Å²) in [7, 11) is 0. The third-order valence-electron chi connectivity index (χ3n) is 3.11. The Kier molecular flexibility index (Phi) is 2.94. The van der Waals surface area contributed by atoms with Crippen LogP contribution in [0.1, 0.15) is 19.3 Å². The maximum atomic E-state index is 4.34. The predicted octanol–water partition coefficient (Wildman–Crippen LogP) is 0.646. The summed E-state index contributed by atoms with van der Waals surface area (Å²) in [5.41, 5.74) is 0. The second-order valence-corrected chi connectivity index (χ2v) is 4.37. The van der Waals surface area contributed by atoms with Gasteiger partial charge in [0, 0.05) is 25.2 Å². The number of fused-ring (bicyclic) bond motifs is 1. The molecule has 2 N–H and O–H groups in total. The van der Waals surface area contributed by atoms with Crippen LogP contribution in [0, 0.1) is 5.92 Å². The molecule has 1 unspecified atom stereocenters. The Hall–Kier alpha value is 0.270. The molecule has 1 saturated carbocycles. The lowest BCUT2D eigenvalue weighted by Crippen LogP contribution is -2.40. The summed E-state index contributed by atoms with van der Waals surface area (Å²) in [6.07, 6.45) is 4.11. The highest BCUT2D eigenvalue weighted by molar-refractivity contribution is 7.80. The van der Waals surface area contributed by atoms with E-state index in [-0.39, 0.29) is 0 Å². The Morgan fingerprint density at radius 1 is 1.08 bits per heavy atom. The van der Waals surface area contributed by atoms with Crippen LogP contribution >= 0.6 is 12.6 Å². The maximum Gasteiger partial charge on any atom is 0.0221 e. The lowest BCUT2D eigenvalue weighted by atomic mass is 10.2. The topological polar surface area (TPSA) is 24.1 Å². The van der Waals surface area contributed by atoms with E-state index in [2.05, 4.69) is 23.3 Å². The van der Waals surface area contributed by atoms with Crippen molar-refractivity contribution in [3.05, 3.63) is 0 Å². The molecule has 70 valence electrons. The molecule has 0 amide bonds. The van der Waals surface area contributed by atoms with E-state index < -0.39 is 0 Å². The molecule has 0 aromatic carbocycles. The standard InChI is InChI=1S/C9H18N2S/c12-6-7-4-10-8-2-1-3-9(8)11-5-7/h7-12H,1-6H2/t7?,8-,9+. The van der Waals surface area contributed by atoms with Crippen LogP contribution in [0.2, 0.25) is 0 Å². The first kappa shape index (κ1) is 8.85. The predicted molar refractivity (Wildman–Crippen MR) is 54.8 cm³/mol. The van der Waals surface area contributed by atoms with Gasteiger partial charge in [0.05, 0.1) is 0 Å². The van der Waals surface area contributed by atoms with E-state index in [0.717, 1.165) is 36.8 Å². The summed E-state index contributed by atoms with van der Waals surface area (Å²) in [6.45, 7) is 2.30. The fraction of sp³-hybridized carbons (Fsp3) is 1.00. The van der Waals surface area contributed by atoms with Gasteiger partial charge in [-0.1, -0.05) is 6.42 Å². The zero-order valence-corrected chi connectivity index (χ0v) is 8.32. The molecule has 1 heterocycles. The summed E-state index contributed by atoms with van der Waals surface area (Å²) in [5.74, 6) is 1.72. The van der Waals surface area contributed by atoms with Gasteiger partial charge in [-0.2, -0.15) is 12.6 Å². The lowest BCUT2D eigenvalue weighted by Gasteiger charge is -2.16. The number of thiol groups is 1. The van der Waals surface area contributed by atoms with E-state index in [1.54, 1.807) is 0 Å². The van der Waals surface area contributed by atoms with Gasteiger partial charge in [0.25, 0.3) is 0 Å². The Bertz CT molecular complexity index is 137. The third-order valence-corrected chi connectivity index (χ3v) is 3.63. The van der Waals surface area contributed by atoms with Crippen molar-refractivity contribution in [2.75, 3.05) is 18.8 Å². The van der Waals surface area contributed by atoms with Crippen molar-refractivity contribution in [1.82, 2.24) is 10.6 Å². The van der Waals surface area contributed by atoms with Gasteiger partial charge in [-0.15, -0.1) is 0 Å². The van der Waals surface area contributed by atoms with Crippen molar-refractivity contribution in [1.29, 1.82) is 0 Å². The number of nitrogens with one attached hydrogen (secondary N) is 2. The molecule has 12 heavy (non-hydrogen) atoms. The van der Waals surface area contributed by atoms with Crippen molar-refractivity contribution < 1.29 is 0 Å². The molecular formula is C9H18N2S. The quantitative estimate of drug-likeness (QED) is 0.524. The normalized spacial score (nSPS) is 42.2. The summed E-state index contributed by atoms with van der Waals surface area (Å²) in [4.78, 5) is 0. The highest BCUT2D eigenvalue weighted by Crippen LogP contribution is 2.21. The molecule has 0 aromatic heterocycles. The number of rotatable bonds is 1. The summed E-state index contributed by atoms with van der Waals surface area (Å²) >= 11 is 4.34. The van der Waals surface area contributed by atoms with E-state index in [0.29, 0.717) is 0 Å². The number of hydrogen-bond acceptors (Lipinski definition) is 3. The summed E-state index contributed by atoms with van der Waals surface area (Å²) in [5, 5.41) is 7.27. The average Bonchev–Trinajstić information content (AvgIpc) is 2.46. The van der Waals surface area contributed by atoms with Crippen molar-refractivity contribution in [3.8, 4) is 0 Å². The molecule has 0 aromatic rings. The van der Waals surface area contributed by atoms with E-state index >= 15 is 0 Å². The van der Waals surface area contributed by atoms with Crippen LogP contribution in [0.3, 0.4) is 0 Å². The van der Waals surface area contributed by atoms with Crippen LogP contribution in [-0.4, -0.2) is 30.9 Å². The highest BCUT2D eigenvalue weighted by Gasteiger charge is 2.29. The van der Waals surface area contributed by atoms with E-state index in [9.17, 15) is 0 Å². The van der Waals surface area contributed by atoms with Gasteiger partial charge in [0.15, 0.2) is 0 Å². The molecule has 2 aliphatic rings. The highest BCUT2D eigenvalue weighted by atomic mass is 32.1. The maximum absolute atomic E-state index is 4.34. The van der Waals surface area contributed by atoms with Gasteiger partial charge in [-0.3, -0.25) is 0 Å². The molecule has 0 radical (unpaired) electrons. The monoisotopic (exact) mass is 186 g/mol. The minimum Gasteiger partial charge on any atom is -0.312 e. The molecule has 2 nitrogen and oxygen atoms in total. The van der Waals surface area contributed by atoms with Gasteiger partial charge < -0.3 is 10.6 Å². The molecule has 1 aliphatic carbocycles. The van der Waals surface area contributed by atoms with Gasteiger partial charge >= 0.3 is 0 Å². The Labute approximate surface area is 79.9 Å². The van der Waals surface area contributed by atoms with E-state index in [4.69, 9.17) is 0 Å². The molecule has 2 rings (SSSR count). The Morgan fingerprint density at radius 2 is 1.67 bits per heavy atom. The van der Waals surface area contributed by atoms with Gasteiger partial charge in [0.1, 0.15) is 0 Å². The third kappa shape index (κ3) is 1.78. The molecule has 3 heteroatoms. The van der Waals surface area contributed by atoms with Crippen molar-refractivity contribution in [2.24, 2.45) is 5.92 Å². The number of hydrogen-bond donors (Lipinski definition) is 3. The first-order chi connectivity index (χ1) is 5.90. The fourth-order valence-electron chi connectivity index (χ4n) is 2.29. The van der Waals surface area contributed by atoms with Crippen LogP contribution < -0.4 is 10.6 Å². The lowest BCUT2D eigenvalue weighted by molar-refractivity contribution is 0.460. The van der Waals surface area contributed by atoms with Crippen molar-refractivity contribution in [2.45, 2.75) is 31.3 Å². The second kappa shape index (κ2) is 3.99. The van der Waals surface area contributed by atoms with Gasteiger partial charge in [0.2, 0.25) is 0 Å². The van der Waals surface area contributed by atoms with Gasteiger partial charge in [-0.25, -0.2) is 0 Å². The second-order valence-electron chi connectivity index (χ2n) is 4.01. The summed E-state index contributed by atoms with van der Waals surface area (Å²) < 4.78 is 0. The molecule has 3 atom stereocenters. The van der Waals surface area contributed by atoms with Crippen LogP contribution in [0.25, 0.3) is 0 Å². The Morgan fingerprint density at radius 3 is 2.17 bits per heavy atom. The first-order valence-electron chi connectivity index (χ1n) is 4.98.